The molecule has 1 aliphatic rings. The number of carbonyl (C=O) groups excluding carboxylic acids is 1. The van der Waals surface area contributed by atoms with Crippen LogP contribution in [-0.4, -0.2) is 31.5 Å². The lowest BCUT2D eigenvalue weighted by Gasteiger charge is -2.26. The van der Waals surface area contributed by atoms with Gasteiger partial charge in [0.05, 0.1) is 17.2 Å². The van der Waals surface area contributed by atoms with Crippen LogP contribution in [0.15, 0.2) is 30.3 Å². The van der Waals surface area contributed by atoms with E-state index in [1.165, 1.54) is 18.2 Å². The normalized spacial score (nSPS) is 14.2. The van der Waals surface area contributed by atoms with Crippen molar-refractivity contribution in [3.8, 4) is 5.75 Å². The molecule has 0 spiro atoms. The molecule has 0 radical (unpaired) electrons. The standard InChI is InChI=1S/C18H18Cl2N2O2/c1-22-7-6-13-11(10-22)4-3-5-16(13)21-18(23)12-8-14(19)17(24-2)15(20)9-12/h3-5,8-9H,6-7,10H2,1-2H3,(H,21,23). The number of hydrogen-bond acceptors (Lipinski definition) is 3. The van der Waals surface area contributed by atoms with E-state index in [2.05, 4.69) is 23.3 Å². The van der Waals surface area contributed by atoms with Gasteiger partial charge in [-0.25, -0.2) is 0 Å². The van der Waals surface area contributed by atoms with Crippen LogP contribution in [0.1, 0.15) is 21.5 Å². The summed E-state index contributed by atoms with van der Waals surface area (Å²) < 4.78 is 5.11. The van der Waals surface area contributed by atoms with Crippen molar-refractivity contribution in [2.24, 2.45) is 0 Å². The van der Waals surface area contributed by atoms with Crippen LogP contribution in [0.2, 0.25) is 10.0 Å². The van der Waals surface area contributed by atoms with Gasteiger partial charge >= 0.3 is 0 Å². The highest BCUT2D eigenvalue weighted by Crippen LogP contribution is 2.34. The van der Waals surface area contributed by atoms with E-state index in [-0.39, 0.29) is 5.91 Å². The Labute approximate surface area is 151 Å². The maximum Gasteiger partial charge on any atom is 0.255 e. The minimum absolute atomic E-state index is 0.242. The van der Waals surface area contributed by atoms with E-state index in [0.717, 1.165) is 25.2 Å². The molecule has 1 N–H and O–H groups in total. The van der Waals surface area contributed by atoms with Gasteiger partial charge in [-0.3, -0.25) is 4.79 Å². The lowest BCUT2D eigenvalue weighted by Crippen LogP contribution is -2.27. The number of carbonyl (C=O) groups is 1. The fourth-order valence-electron chi connectivity index (χ4n) is 2.95. The van der Waals surface area contributed by atoms with Crippen LogP contribution in [0.4, 0.5) is 5.69 Å². The molecule has 0 unspecified atom stereocenters. The van der Waals surface area contributed by atoms with E-state index in [4.69, 9.17) is 27.9 Å². The first-order valence-corrected chi connectivity index (χ1v) is 8.39. The van der Waals surface area contributed by atoms with Gasteiger partial charge < -0.3 is 15.0 Å². The second-order valence-electron chi connectivity index (χ2n) is 5.86. The van der Waals surface area contributed by atoms with Gasteiger partial charge in [-0.2, -0.15) is 0 Å². The van der Waals surface area contributed by atoms with Gasteiger partial charge in [0.25, 0.3) is 5.91 Å². The molecule has 0 atom stereocenters. The van der Waals surface area contributed by atoms with E-state index in [0.29, 0.717) is 21.4 Å². The predicted molar refractivity (Wildman–Crippen MR) is 97.4 cm³/mol. The van der Waals surface area contributed by atoms with Crippen LogP contribution in [0.5, 0.6) is 5.75 Å². The van der Waals surface area contributed by atoms with Crippen molar-refractivity contribution < 1.29 is 9.53 Å². The maximum atomic E-state index is 12.6. The highest BCUT2D eigenvalue weighted by molar-refractivity contribution is 6.37. The fourth-order valence-corrected chi connectivity index (χ4v) is 3.59. The van der Waals surface area contributed by atoms with Crippen LogP contribution in [0.25, 0.3) is 0 Å². The zero-order valence-corrected chi connectivity index (χ0v) is 15.0. The Morgan fingerprint density at radius 1 is 1.25 bits per heavy atom. The molecule has 0 aliphatic carbocycles. The Kier molecular flexibility index (Phi) is 4.99. The van der Waals surface area contributed by atoms with Crippen molar-refractivity contribution in [3.63, 3.8) is 0 Å². The Bertz CT molecular complexity index is 770. The SMILES string of the molecule is COc1c(Cl)cc(C(=O)Nc2cccc3c2CCN(C)C3)cc1Cl. The van der Waals surface area contributed by atoms with Gasteiger partial charge in [0.1, 0.15) is 0 Å². The number of methoxy groups -OCH3 is 1. The predicted octanol–water partition coefficient (Wildman–Crippen LogP) is 4.24. The highest BCUT2D eigenvalue weighted by atomic mass is 35.5. The molecule has 0 saturated carbocycles. The number of hydrogen-bond donors (Lipinski definition) is 1. The second kappa shape index (κ2) is 7.01. The number of ether oxygens (including phenoxy) is 1. The molecule has 0 fully saturated rings. The first kappa shape index (κ1) is 17.1. The first-order chi connectivity index (χ1) is 11.5. The van der Waals surface area contributed by atoms with Gasteiger partial charge in [-0.15, -0.1) is 0 Å². The Morgan fingerprint density at radius 2 is 1.96 bits per heavy atom. The molecule has 0 aromatic heterocycles. The molecule has 126 valence electrons. The minimum Gasteiger partial charge on any atom is -0.494 e. The van der Waals surface area contributed by atoms with E-state index in [1.54, 1.807) is 12.1 Å². The quantitative estimate of drug-likeness (QED) is 0.885. The summed E-state index contributed by atoms with van der Waals surface area (Å²) in [6, 6.07) is 9.10. The average molecular weight is 365 g/mol. The second-order valence-corrected chi connectivity index (χ2v) is 6.67. The van der Waals surface area contributed by atoms with E-state index in [9.17, 15) is 4.79 Å². The summed E-state index contributed by atoms with van der Waals surface area (Å²) in [4.78, 5) is 14.8. The largest absolute Gasteiger partial charge is 0.494 e. The Morgan fingerprint density at radius 3 is 2.62 bits per heavy atom. The van der Waals surface area contributed by atoms with Gasteiger partial charge in [0, 0.05) is 24.3 Å². The number of fused-ring (bicyclic) bond motifs is 1. The van der Waals surface area contributed by atoms with Crippen molar-refractivity contribution in [3.05, 3.63) is 57.1 Å². The van der Waals surface area contributed by atoms with Crippen molar-refractivity contribution >= 4 is 34.8 Å². The van der Waals surface area contributed by atoms with Gasteiger partial charge in [-0.1, -0.05) is 35.3 Å². The average Bonchev–Trinajstić information content (AvgIpc) is 2.54. The monoisotopic (exact) mass is 364 g/mol. The van der Waals surface area contributed by atoms with Crippen molar-refractivity contribution in [1.82, 2.24) is 4.90 Å². The molecule has 3 rings (SSSR count). The molecular formula is C18H18Cl2N2O2. The minimum atomic E-state index is -0.242. The molecule has 1 aliphatic heterocycles. The number of nitrogens with one attached hydrogen (secondary N) is 1. The molecule has 0 saturated heterocycles. The van der Waals surface area contributed by atoms with Crippen molar-refractivity contribution in [1.29, 1.82) is 0 Å². The maximum absolute atomic E-state index is 12.6. The summed E-state index contributed by atoms with van der Waals surface area (Å²) in [5.41, 5.74) is 3.67. The summed E-state index contributed by atoms with van der Waals surface area (Å²) >= 11 is 12.2. The molecule has 1 heterocycles. The van der Waals surface area contributed by atoms with Crippen molar-refractivity contribution in [2.45, 2.75) is 13.0 Å². The number of amides is 1. The van der Waals surface area contributed by atoms with Gasteiger partial charge in [0.2, 0.25) is 0 Å². The summed E-state index contributed by atoms with van der Waals surface area (Å²) in [6.45, 7) is 1.86. The van der Waals surface area contributed by atoms with Crippen LogP contribution in [0.3, 0.4) is 0 Å². The summed E-state index contributed by atoms with van der Waals surface area (Å²) in [5, 5.41) is 3.60. The van der Waals surface area contributed by atoms with E-state index in [1.807, 2.05) is 12.1 Å². The summed E-state index contributed by atoms with van der Waals surface area (Å²) in [5.74, 6) is 0.129. The highest BCUT2D eigenvalue weighted by Gasteiger charge is 2.19. The van der Waals surface area contributed by atoms with Crippen LogP contribution in [-0.2, 0) is 13.0 Å². The van der Waals surface area contributed by atoms with Crippen molar-refractivity contribution in [2.75, 3.05) is 26.0 Å². The Hall–Kier alpha value is -1.75. The number of anilines is 1. The summed E-state index contributed by atoms with van der Waals surface area (Å²) in [7, 11) is 3.58. The third-order valence-corrected chi connectivity index (χ3v) is 4.73. The number of likely N-dealkylation sites (N-methyl/N-ethyl adjacent to an activating group) is 1. The number of rotatable bonds is 3. The molecule has 0 bridgehead atoms. The number of nitrogens with zero attached hydrogens (tertiary/aromatic N) is 1. The van der Waals surface area contributed by atoms with Crippen LogP contribution in [0, 0.1) is 0 Å². The van der Waals surface area contributed by atoms with Crippen LogP contribution < -0.4 is 10.1 Å². The zero-order chi connectivity index (χ0) is 17.3. The molecule has 6 heteroatoms. The molecule has 24 heavy (non-hydrogen) atoms. The summed E-state index contributed by atoms with van der Waals surface area (Å²) in [6.07, 6.45) is 0.909. The number of halogens is 2. The fraction of sp³-hybridized carbons (Fsp3) is 0.278. The third kappa shape index (κ3) is 3.36. The zero-order valence-electron chi connectivity index (χ0n) is 13.5. The molecule has 2 aromatic carbocycles. The third-order valence-electron chi connectivity index (χ3n) is 4.17. The molecule has 4 nitrogen and oxygen atoms in total. The van der Waals surface area contributed by atoms with Crippen LogP contribution >= 0.6 is 23.2 Å². The lowest BCUT2D eigenvalue weighted by atomic mass is 9.98. The smallest absolute Gasteiger partial charge is 0.255 e. The Balaban J connectivity index is 1.87. The lowest BCUT2D eigenvalue weighted by molar-refractivity contribution is 0.102. The molecular weight excluding hydrogens is 347 g/mol. The first-order valence-electron chi connectivity index (χ1n) is 7.63. The topological polar surface area (TPSA) is 41.6 Å². The van der Waals surface area contributed by atoms with E-state index >= 15 is 0 Å². The van der Waals surface area contributed by atoms with E-state index < -0.39 is 0 Å². The van der Waals surface area contributed by atoms with Gasteiger partial charge in [0.15, 0.2) is 5.75 Å². The molecule has 2 aromatic rings. The molecule has 1 amide bonds. The van der Waals surface area contributed by atoms with Gasteiger partial charge in [-0.05, 0) is 42.8 Å². The number of benzene rings is 2.